The smallest absolute Gasteiger partial charge is 0.0571 e. The predicted octanol–water partition coefficient (Wildman–Crippen LogP) is 3.16. The highest BCUT2D eigenvalue weighted by Gasteiger charge is 1.99. The third-order valence-electron chi connectivity index (χ3n) is 1.18. The van der Waals surface area contributed by atoms with Crippen molar-refractivity contribution in [2.45, 2.75) is 24.0 Å². The van der Waals surface area contributed by atoms with Gasteiger partial charge in [0.05, 0.1) is 4.21 Å². The summed E-state index contributed by atoms with van der Waals surface area (Å²) in [5.74, 6) is 0.649. The molecule has 0 saturated heterocycles. The molecule has 0 unspecified atom stereocenters. The molecule has 2 heteroatoms. The number of thiol groups is 1. The van der Waals surface area contributed by atoms with Crippen LogP contribution in [0.25, 0.3) is 0 Å². The molecule has 1 aromatic heterocycles. The molecule has 0 radical (unpaired) electrons. The van der Waals surface area contributed by atoms with Crippen LogP contribution in [0.4, 0.5) is 0 Å². The van der Waals surface area contributed by atoms with E-state index in [-0.39, 0.29) is 0 Å². The van der Waals surface area contributed by atoms with Crippen LogP contribution in [0.3, 0.4) is 0 Å². The maximum absolute atomic E-state index is 4.22. The fraction of sp³-hybridized carbons (Fsp3) is 0.429. The van der Waals surface area contributed by atoms with E-state index < -0.39 is 0 Å². The van der Waals surface area contributed by atoms with Crippen molar-refractivity contribution in [1.82, 2.24) is 0 Å². The SMILES string of the molecule is CC(C)c1ccc(S)s1. The second-order valence-electron chi connectivity index (χ2n) is 2.33. The Balaban J connectivity index is 2.85. The molecule has 0 aliphatic rings. The van der Waals surface area contributed by atoms with Crippen LogP contribution in [0.15, 0.2) is 16.3 Å². The van der Waals surface area contributed by atoms with Crippen molar-refractivity contribution >= 4 is 24.0 Å². The van der Waals surface area contributed by atoms with Crippen LogP contribution in [0.1, 0.15) is 24.6 Å². The third-order valence-corrected chi connectivity index (χ3v) is 2.79. The van der Waals surface area contributed by atoms with Crippen LogP contribution in [0.5, 0.6) is 0 Å². The monoisotopic (exact) mass is 158 g/mol. The Bertz CT molecular complexity index is 189. The topological polar surface area (TPSA) is 0 Å². The molecule has 0 spiro atoms. The van der Waals surface area contributed by atoms with E-state index in [0.29, 0.717) is 5.92 Å². The molecule has 0 aromatic carbocycles. The van der Waals surface area contributed by atoms with Gasteiger partial charge in [0.15, 0.2) is 0 Å². The van der Waals surface area contributed by atoms with Crippen molar-refractivity contribution < 1.29 is 0 Å². The van der Waals surface area contributed by atoms with Crippen molar-refractivity contribution in [2.24, 2.45) is 0 Å². The van der Waals surface area contributed by atoms with E-state index in [9.17, 15) is 0 Å². The minimum Gasteiger partial charge on any atom is -0.134 e. The lowest BCUT2D eigenvalue weighted by Gasteiger charge is -1.96. The maximum atomic E-state index is 4.22. The Morgan fingerprint density at radius 3 is 2.33 bits per heavy atom. The van der Waals surface area contributed by atoms with Gasteiger partial charge in [0.1, 0.15) is 0 Å². The van der Waals surface area contributed by atoms with Crippen LogP contribution >= 0.6 is 24.0 Å². The van der Waals surface area contributed by atoms with E-state index in [1.54, 1.807) is 11.3 Å². The summed E-state index contributed by atoms with van der Waals surface area (Å²) < 4.78 is 1.11. The second-order valence-corrected chi connectivity index (χ2v) is 4.23. The van der Waals surface area contributed by atoms with Crippen molar-refractivity contribution in [3.8, 4) is 0 Å². The van der Waals surface area contributed by atoms with E-state index in [2.05, 4.69) is 32.5 Å². The Morgan fingerprint density at radius 2 is 2.11 bits per heavy atom. The van der Waals surface area contributed by atoms with Crippen molar-refractivity contribution in [2.75, 3.05) is 0 Å². The zero-order valence-electron chi connectivity index (χ0n) is 5.59. The fourth-order valence-corrected chi connectivity index (χ4v) is 1.79. The first-order chi connectivity index (χ1) is 4.20. The molecule has 0 aliphatic heterocycles. The van der Waals surface area contributed by atoms with E-state index in [0.717, 1.165) is 4.21 Å². The van der Waals surface area contributed by atoms with Crippen LogP contribution in [0, 0.1) is 0 Å². The van der Waals surface area contributed by atoms with E-state index in [1.807, 2.05) is 6.07 Å². The van der Waals surface area contributed by atoms with Gasteiger partial charge < -0.3 is 0 Å². The molecule has 1 heterocycles. The number of rotatable bonds is 1. The Labute approximate surface area is 65.3 Å². The summed E-state index contributed by atoms with van der Waals surface area (Å²) in [4.78, 5) is 1.42. The van der Waals surface area contributed by atoms with Gasteiger partial charge in [-0.15, -0.1) is 24.0 Å². The summed E-state index contributed by atoms with van der Waals surface area (Å²) in [5, 5.41) is 0. The molecule has 50 valence electrons. The number of hydrogen-bond acceptors (Lipinski definition) is 2. The first-order valence-electron chi connectivity index (χ1n) is 2.99. The quantitative estimate of drug-likeness (QED) is 0.596. The van der Waals surface area contributed by atoms with Gasteiger partial charge >= 0.3 is 0 Å². The molecule has 1 aromatic rings. The van der Waals surface area contributed by atoms with Gasteiger partial charge in [0.25, 0.3) is 0 Å². The molecule has 1 rings (SSSR count). The molecule has 0 N–H and O–H groups in total. The van der Waals surface area contributed by atoms with Crippen LogP contribution in [-0.2, 0) is 0 Å². The Hall–Kier alpha value is 0.0500. The highest BCUT2D eigenvalue weighted by molar-refractivity contribution is 7.82. The van der Waals surface area contributed by atoms with Gasteiger partial charge in [-0.1, -0.05) is 13.8 Å². The first kappa shape index (κ1) is 7.16. The van der Waals surface area contributed by atoms with Crippen LogP contribution in [-0.4, -0.2) is 0 Å². The Morgan fingerprint density at radius 1 is 1.44 bits per heavy atom. The van der Waals surface area contributed by atoms with Crippen molar-refractivity contribution in [1.29, 1.82) is 0 Å². The van der Waals surface area contributed by atoms with Crippen LogP contribution < -0.4 is 0 Å². The summed E-state index contributed by atoms with van der Waals surface area (Å²) in [7, 11) is 0. The summed E-state index contributed by atoms with van der Waals surface area (Å²) in [6.45, 7) is 4.39. The molecule has 0 bridgehead atoms. The molecule has 0 nitrogen and oxygen atoms in total. The summed E-state index contributed by atoms with van der Waals surface area (Å²) in [6.07, 6.45) is 0. The lowest BCUT2D eigenvalue weighted by Crippen LogP contribution is -1.77. The summed E-state index contributed by atoms with van der Waals surface area (Å²) >= 11 is 5.98. The zero-order chi connectivity index (χ0) is 6.85. The number of hydrogen-bond donors (Lipinski definition) is 1. The second kappa shape index (κ2) is 2.76. The van der Waals surface area contributed by atoms with Crippen molar-refractivity contribution in [3.05, 3.63) is 17.0 Å². The van der Waals surface area contributed by atoms with Gasteiger partial charge in [-0.25, -0.2) is 0 Å². The van der Waals surface area contributed by atoms with E-state index >= 15 is 0 Å². The van der Waals surface area contributed by atoms with Gasteiger partial charge in [-0.3, -0.25) is 0 Å². The molecule has 0 amide bonds. The standard InChI is InChI=1S/C7H10S2/c1-5(2)6-3-4-7(8)9-6/h3-5,8H,1-2H3. The molecular formula is C7H10S2. The van der Waals surface area contributed by atoms with E-state index in [1.165, 1.54) is 4.88 Å². The zero-order valence-corrected chi connectivity index (χ0v) is 7.30. The molecule has 0 atom stereocenters. The molecule has 9 heavy (non-hydrogen) atoms. The summed E-state index contributed by atoms with van der Waals surface area (Å²) in [5.41, 5.74) is 0. The van der Waals surface area contributed by atoms with Gasteiger partial charge in [-0.2, -0.15) is 0 Å². The highest BCUT2D eigenvalue weighted by Crippen LogP contribution is 2.25. The van der Waals surface area contributed by atoms with Crippen LogP contribution in [0.2, 0.25) is 0 Å². The van der Waals surface area contributed by atoms with Gasteiger partial charge in [-0.05, 0) is 18.1 Å². The largest absolute Gasteiger partial charge is 0.134 e. The number of thiophene rings is 1. The molecule has 0 fully saturated rings. The first-order valence-corrected chi connectivity index (χ1v) is 4.25. The molecule has 0 saturated carbocycles. The normalized spacial score (nSPS) is 10.7. The average Bonchev–Trinajstić information content (AvgIpc) is 2.14. The average molecular weight is 158 g/mol. The van der Waals surface area contributed by atoms with E-state index in [4.69, 9.17) is 0 Å². The lowest BCUT2D eigenvalue weighted by atomic mass is 10.2. The van der Waals surface area contributed by atoms with Crippen molar-refractivity contribution in [3.63, 3.8) is 0 Å². The predicted molar refractivity (Wildman–Crippen MR) is 45.7 cm³/mol. The Kier molecular flexibility index (Phi) is 2.19. The fourth-order valence-electron chi connectivity index (χ4n) is 0.653. The summed E-state index contributed by atoms with van der Waals surface area (Å²) in [6, 6.07) is 4.18. The van der Waals surface area contributed by atoms with Gasteiger partial charge in [0, 0.05) is 4.88 Å². The molecule has 0 aliphatic carbocycles. The van der Waals surface area contributed by atoms with Gasteiger partial charge in [0.2, 0.25) is 0 Å². The minimum absolute atomic E-state index is 0.649. The highest BCUT2D eigenvalue weighted by atomic mass is 32.2. The maximum Gasteiger partial charge on any atom is 0.0571 e. The third kappa shape index (κ3) is 1.73. The lowest BCUT2D eigenvalue weighted by molar-refractivity contribution is 0.890. The molecular weight excluding hydrogens is 148 g/mol. The minimum atomic E-state index is 0.649.